The standard InChI is InChI=1S/C11H25O2PS3/c1-6-8-15-14(12,13-7-2)16-9-11(5)17-10(3)4/h10-11H,6-9H2,1-5H3. The van der Waals surface area contributed by atoms with Gasteiger partial charge in [0, 0.05) is 16.8 Å². The molecule has 6 heteroatoms. The fourth-order valence-corrected chi connectivity index (χ4v) is 9.89. The molecule has 0 saturated carbocycles. The van der Waals surface area contributed by atoms with Gasteiger partial charge in [-0.1, -0.05) is 50.5 Å². The zero-order valence-electron chi connectivity index (χ0n) is 11.5. The number of rotatable bonds is 10. The van der Waals surface area contributed by atoms with Crippen molar-refractivity contribution in [2.75, 3.05) is 18.1 Å². The topological polar surface area (TPSA) is 26.3 Å². The van der Waals surface area contributed by atoms with Gasteiger partial charge in [0.05, 0.1) is 6.61 Å². The Balaban J connectivity index is 4.11. The second-order valence-corrected chi connectivity index (χ2v) is 13.5. The Bertz CT molecular complexity index is 237. The van der Waals surface area contributed by atoms with Gasteiger partial charge < -0.3 is 4.52 Å². The molecule has 0 spiro atoms. The highest BCUT2D eigenvalue weighted by molar-refractivity contribution is 8.89. The normalized spacial score (nSPS) is 17.1. The Morgan fingerprint density at radius 3 is 2.29 bits per heavy atom. The van der Waals surface area contributed by atoms with E-state index in [1.54, 1.807) is 0 Å². The van der Waals surface area contributed by atoms with Crippen molar-refractivity contribution in [3.05, 3.63) is 0 Å². The molecule has 0 heterocycles. The van der Waals surface area contributed by atoms with Crippen molar-refractivity contribution < 1.29 is 9.09 Å². The Labute approximate surface area is 119 Å². The van der Waals surface area contributed by atoms with Crippen LogP contribution in [0.2, 0.25) is 0 Å². The quantitative estimate of drug-likeness (QED) is 0.493. The third kappa shape index (κ3) is 9.77. The predicted octanol–water partition coefficient (Wildman–Crippen LogP) is 5.54. The molecule has 2 unspecified atom stereocenters. The van der Waals surface area contributed by atoms with Crippen molar-refractivity contribution in [3.8, 4) is 0 Å². The molecule has 0 aliphatic rings. The molecule has 17 heavy (non-hydrogen) atoms. The van der Waals surface area contributed by atoms with E-state index in [1.807, 2.05) is 18.7 Å². The molecular weight excluding hydrogens is 291 g/mol. The van der Waals surface area contributed by atoms with Crippen LogP contribution >= 0.6 is 40.3 Å². The first-order valence-electron chi connectivity index (χ1n) is 6.12. The SMILES string of the molecule is CCCSP(=O)(OCC)SCC(C)SC(C)C. The van der Waals surface area contributed by atoms with E-state index >= 15 is 0 Å². The summed E-state index contributed by atoms with van der Waals surface area (Å²) >= 11 is 4.94. The molecule has 2 nitrogen and oxygen atoms in total. The third-order valence-electron chi connectivity index (χ3n) is 1.71. The summed E-state index contributed by atoms with van der Waals surface area (Å²) in [7, 11) is 0. The summed E-state index contributed by atoms with van der Waals surface area (Å²) in [5.41, 5.74) is 0. The molecule has 2 atom stereocenters. The summed E-state index contributed by atoms with van der Waals surface area (Å²) in [5.74, 6) is -0.701. The maximum absolute atomic E-state index is 12.5. The van der Waals surface area contributed by atoms with E-state index in [4.69, 9.17) is 4.52 Å². The van der Waals surface area contributed by atoms with E-state index in [0.29, 0.717) is 17.1 Å². The monoisotopic (exact) mass is 316 g/mol. The lowest BCUT2D eigenvalue weighted by Gasteiger charge is -2.19. The van der Waals surface area contributed by atoms with E-state index in [9.17, 15) is 4.57 Å². The van der Waals surface area contributed by atoms with Crippen molar-refractivity contribution in [2.45, 2.75) is 51.5 Å². The van der Waals surface area contributed by atoms with Gasteiger partial charge in [-0.2, -0.15) is 11.8 Å². The van der Waals surface area contributed by atoms with Gasteiger partial charge >= 0.3 is 5.77 Å². The van der Waals surface area contributed by atoms with Gasteiger partial charge in [0.25, 0.3) is 0 Å². The largest absolute Gasteiger partial charge is 0.314 e. The summed E-state index contributed by atoms with van der Waals surface area (Å²) in [6.45, 7) is 11.1. The molecule has 0 rings (SSSR count). The van der Waals surface area contributed by atoms with Gasteiger partial charge in [0.2, 0.25) is 0 Å². The van der Waals surface area contributed by atoms with E-state index in [-0.39, 0.29) is 0 Å². The first-order chi connectivity index (χ1) is 7.93. The van der Waals surface area contributed by atoms with Crippen LogP contribution in [-0.2, 0) is 9.09 Å². The van der Waals surface area contributed by atoms with Gasteiger partial charge in [-0.3, -0.25) is 4.57 Å². The molecule has 0 fully saturated rings. The van der Waals surface area contributed by atoms with Crippen LogP contribution in [0, 0.1) is 0 Å². The van der Waals surface area contributed by atoms with Crippen molar-refractivity contribution in [1.29, 1.82) is 0 Å². The highest BCUT2D eigenvalue weighted by Crippen LogP contribution is 2.70. The second kappa shape index (κ2) is 10.1. The number of hydrogen-bond donors (Lipinski definition) is 0. The lowest BCUT2D eigenvalue weighted by molar-refractivity contribution is 0.357. The number of hydrogen-bond acceptors (Lipinski definition) is 5. The van der Waals surface area contributed by atoms with Crippen molar-refractivity contribution in [1.82, 2.24) is 0 Å². The molecule has 0 aromatic heterocycles. The molecule has 104 valence electrons. The Hall–Kier alpha value is 1.24. The van der Waals surface area contributed by atoms with Gasteiger partial charge in [0.15, 0.2) is 0 Å². The fraction of sp³-hybridized carbons (Fsp3) is 1.00. The maximum atomic E-state index is 12.5. The molecule has 0 N–H and O–H groups in total. The van der Waals surface area contributed by atoms with Crippen molar-refractivity contribution in [2.24, 2.45) is 0 Å². The van der Waals surface area contributed by atoms with Crippen LogP contribution in [0.4, 0.5) is 0 Å². The number of thioether (sulfide) groups is 1. The minimum absolute atomic E-state index is 0.524. The second-order valence-electron chi connectivity index (χ2n) is 3.99. The van der Waals surface area contributed by atoms with Crippen LogP contribution in [0.5, 0.6) is 0 Å². The Morgan fingerprint density at radius 1 is 1.18 bits per heavy atom. The fourth-order valence-electron chi connectivity index (χ4n) is 1.17. The molecule has 0 aromatic rings. The van der Waals surface area contributed by atoms with Crippen LogP contribution in [-0.4, -0.2) is 28.6 Å². The Morgan fingerprint density at radius 2 is 1.82 bits per heavy atom. The molecular formula is C11H25O2PS3. The molecule has 0 saturated heterocycles. The van der Waals surface area contributed by atoms with Crippen LogP contribution in [0.15, 0.2) is 0 Å². The average molecular weight is 316 g/mol. The smallest absolute Gasteiger partial charge is 0.313 e. The lowest BCUT2D eigenvalue weighted by Crippen LogP contribution is -2.04. The van der Waals surface area contributed by atoms with Gasteiger partial charge in [-0.25, -0.2) is 0 Å². The van der Waals surface area contributed by atoms with Gasteiger partial charge in [0.1, 0.15) is 0 Å². The van der Waals surface area contributed by atoms with E-state index in [2.05, 4.69) is 27.7 Å². The zero-order valence-corrected chi connectivity index (χ0v) is 14.8. The van der Waals surface area contributed by atoms with Crippen molar-refractivity contribution in [3.63, 3.8) is 0 Å². The van der Waals surface area contributed by atoms with E-state index in [1.165, 1.54) is 22.8 Å². The molecule has 0 aliphatic heterocycles. The third-order valence-corrected chi connectivity index (χ3v) is 11.0. The zero-order chi connectivity index (χ0) is 13.3. The van der Waals surface area contributed by atoms with Crippen molar-refractivity contribution >= 4 is 40.3 Å². The van der Waals surface area contributed by atoms with Crippen LogP contribution in [0.25, 0.3) is 0 Å². The van der Waals surface area contributed by atoms with E-state index < -0.39 is 5.77 Å². The summed E-state index contributed by atoms with van der Waals surface area (Å²) in [6.07, 6.45) is 1.04. The molecule has 0 aromatic carbocycles. The van der Waals surface area contributed by atoms with Crippen LogP contribution in [0.3, 0.4) is 0 Å². The highest BCUT2D eigenvalue weighted by Gasteiger charge is 2.25. The van der Waals surface area contributed by atoms with E-state index in [0.717, 1.165) is 17.9 Å². The molecule has 0 amide bonds. The molecule has 0 radical (unpaired) electrons. The summed E-state index contributed by atoms with van der Waals surface area (Å²) < 4.78 is 17.9. The summed E-state index contributed by atoms with van der Waals surface area (Å²) in [5, 5.41) is 1.15. The predicted molar refractivity (Wildman–Crippen MR) is 86.6 cm³/mol. The summed E-state index contributed by atoms with van der Waals surface area (Å²) in [6, 6.07) is 0. The van der Waals surface area contributed by atoms with Gasteiger partial charge in [-0.05, 0) is 18.6 Å². The van der Waals surface area contributed by atoms with Crippen LogP contribution in [0.1, 0.15) is 41.0 Å². The minimum Gasteiger partial charge on any atom is -0.314 e. The lowest BCUT2D eigenvalue weighted by atomic mass is 10.5. The van der Waals surface area contributed by atoms with Gasteiger partial charge in [-0.15, -0.1) is 0 Å². The summed E-state index contributed by atoms with van der Waals surface area (Å²) in [4.78, 5) is 0. The highest BCUT2D eigenvalue weighted by atomic mass is 33.1. The van der Waals surface area contributed by atoms with Crippen LogP contribution < -0.4 is 0 Å². The first-order valence-corrected chi connectivity index (χ1v) is 11.9. The molecule has 0 bridgehead atoms. The Kier molecular flexibility index (Phi) is 10.8. The molecule has 0 aliphatic carbocycles. The maximum Gasteiger partial charge on any atom is 0.313 e. The minimum atomic E-state index is -2.51. The first kappa shape index (κ1) is 18.2. The average Bonchev–Trinajstić information content (AvgIpc) is 2.23.